The first kappa shape index (κ1) is 24.7. The van der Waals surface area contributed by atoms with Gasteiger partial charge in [0.15, 0.2) is 0 Å². The molecule has 12 atom stereocenters. The van der Waals surface area contributed by atoms with Crippen molar-refractivity contribution in [2.75, 3.05) is 7.11 Å². The van der Waals surface area contributed by atoms with Crippen LogP contribution < -0.4 is 0 Å². The summed E-state index contributed by atoms with van der Waals surface area (Å²) in [4.78, 5) is 12.2. The molecule has 0 unspecified atom stereocenters. The van der Waals surface area contributed by atoms with Crippen molar-refractivity contribution in [3.05, 3.63) is 0 Å². The number of epoxide rings is 1. The molecule has 0 N–H and O–H groups in total. The average Bonchev–Trinajstić information content (AvgIpc) is 3.50. The third kappa shape index (κ3) is 3.14. The van der Waals surface area contributed by atoms with Crippen LogP contribution in [0.5, 0.6) is 0 Å². The van der Waals surface area contributed by atoms with Gasteiger partial charge >= 0.3 is 5.97 Å². The van der Waals surface area contributed by atoms with E-state index in [1.165, 1.54) is 51.4 Å². The minimum Gasteiger partial charge on any atom is -0.462 e. The third-order valence-corrected chi connectivity index (χ3v) is 13.7. The normalized spacial score (nSPS) is 54.6. The Labute approximate surface area is 213 Å². The Balaban J connectivity index is 1.25. The van der Waals surface area contributed by atoms with E-state index < -0.39 is 0 Å². The van der Waals surface area contributed by atoms with Crippen molar-refractivity contribution < 1.29 is 19.0 Å². The lowest BCUT2D eigenvalue weighted by atomic mass is 9.45. The molecule has 6 fully saturated rings. The fourth-order valence-electron chi connectivity index (χ4n) is 11.5. The van der Waals surface area contributed by atoms with E-state index in [1.54, 1.807) is 6.92 Å². The number of carbonyl (C=O) groups excluding carboxylic acids is 1. The highest BCUT2D eigenvalue weighted by Crippen LogP contribution is 2.82. The molecule has 0 aromatic heterocycles. The summed E-state index contributed by atoms with van der Waals surface area (Å²) in [5, 5.41) is 0. The zero-order valence-electron chi connectivity index (χ0n) is 23.6. The van der Waals surface area contributed by atoms with Crippen molar-refractivity contribution in [3.63, 3.8) is 0 Å². The van der Waals surface area contributed by atoms with Gasteiger partial charge in [0.05, 0.1) is 17.3 Å². The van der Waals surface area contributed by atoms with E-state index in [4.69, 9.17) is 14.2 Å². The monoisotopic (exact) mass is 486 g/mol. The Morgan fingerprint density at radius 1 is 1.03 bits per heavy atom. The smallest absolute Gasteiger partial charge is 0.302 e. The molecule has 0 aromatic rings. The van der Waals surface area contributed by atoms with E-state index in [9.17, 15) is 4.79 Å². The molecule has 0 amide bonds. The molecule has 0 bridgehead atoms. The summed E-state index contributed by atoms with van der Waals surface area (Å²) < 4.78 is 18.5. The number of methoxy groups -OCH3 is 1. The molecule has 1 saturated heterocycles. The van der Waals surface area contributed by atoms with Crippen LogP contribution in [0.15, 0.2) is 0 Å². The molecule has 1 spiro atoms. The molecule has 198 valence electrons. The first-order chi connectivity index (χ1) is 16.3. The average molecular weight is 487 g/mol. The Hall–Kier alpha value is -0.610. The van der Waals surface area contributed by atoms with Gasteiger partial charge in [0.1, 0.15) is 6.10 Å². The van der Waals surface area contributed by atoms with Gasteiger partial charge in [-0.25, -0.2) is 0 Å². The summed E-state index contributed by atoms with van der Waals surface area (Å²) in [5.74, 6) is 4.18. The fourth-order valence-corrected chi connectivity index (χ4v) is 11.5. The first-order valence-corrected chi connectivity index (χ1v) is 14.7. The lowest BCUT2D eigenvalue weighted by Gasteiger charge is -2.61. The molecule has 6 rings (SSSR count). The van der Waals surface area contributed by atoms with Crippen molar-refractivity contribution in [1.29, 1.82) is 0 Å². The zero-order valence-corrected chi connectivity index (χ0v) is 23.6. The highest BCUT2D eigenvalue weighted by molar-refractivity contribution is 5.66. The zero-order chi connectivity index (χ0) is 25.2. The third-order valence-electron chi connectivity index (χ3n) is 13.7. The number of rotatable bonds is 6. The van der Waals surface area contributed by atoms with Crippen molar-refractivity contribution in [1.82, 2.24) is 0 Å². The Kier molecular flexibility index (Phi) is 5.29. The molecule has 5 aliphatic carbocycles. The van der Waals surface area contributed by atoms with Gasteiger partial charge in [0.2, 0.25) is 0 Å². The second-order valence-corrected chi connectivity index (χ2v) is 15.0. The molecule has 1 heterocycles. The molecular formula is C31H50O4. The van der Waals surface area contributed by atoms with Crippen molar-refractivity contribution >= 4 is 5.97 Å². The van der Waals surface area contributed by atoms with E-state index in [1.807, 2.05) is 7.11 Å². The Morgan fingerprint density at radius 3 is 2.34 bits per heavy atom. The number of ether oxygens (including phenoxy) is 3. The second-order valence-electron chi connectivity index (χ2n) is 15.0. The van der Waals surface area contributed by atoms with Gasteiger partial charge < -0.3 is 14.2 Å². The summed E-state index contributed by atoms with van der Waals surface area (Å²) in [6, 6.07) is 0. The number of esters is 1. The van der Waals surface area contributed by atoms with Gasteiger partial charge in [0, 0.05) is 25.9 Å². The maximum absolute atomic E-state index is 12.2. The van der Waals surface area contributed by atoms with Gasteiger partial charge in [-0.05, 0) is 118 Å². The summed E-state index contributed by atoms with van der Waals surface area (Å²) in [6.07, 6.45) is 12.1. The molecule has 35 heavy (non-hydrogen) atoms. The van der Waals surface area contributed by atoms with Crippen LogP contribution in [0, 0.1) is 51.8 Å². The summed E-state index contributed by atoms with van der Waals surface area (Å²) >= 11 is 0. The van der Waals surface area contributed by atoms with Crippen molar-refractivity contribution in [2.24, 2.45) is 51.8 Å². The van der Waals surface area contributed by atoms with Crippen molar-refractivity contribution in [3.8, 4) is 0 Å². The van der Waals surface area contributed by atoms with Gasteiger partial charge in [-0.3, -0.25) is 4.79 Å². The summed E-state index contributed by atoms with van der Waals surface area (Å²) in [6.45, 7) is 15.7. The van der Waals surface area contributed by atoms with Crippen LogP contribution in [0.3, 0.4) is 0 Å². The molecular weight excluding hydrogens is 436 g/mol. The summed E-state index contributed by atoms with van der Waals surface area (Å²) in [7, 11) is 1.99. The van der Waals surface area contributed by atoms with Gasteiger partial charge in [-0.2, -0.15) is 0 Å². The van der Waals surface area contributed by atoms with Gasteiger partial charge in [0.25, 0.3) is 0 Å². The maximum Gasteiger partial charge on any atom is 0.302 e. The standard InChI is InChI=1S/C31H50O4/c1-18(25(34-19(2)32)17-30(7)27(3,4)35-30)22-9-10-23-21-15-26(33-8)31-16-20(31)11-14-29(31,6)24(21)12-13-28(22,23)5/h18,20-26H,9-17H2,1-8H3/t18-,20+,21-,22+,23-,24-,25+,26+,28+,29+,30+,31-/m0/s1. The molecule has 4 heteroatoms. The number of fused-ring (bicyclic) bond motifs is 4. The van der Waals surface area contributed by atoms with E-state index in [0.29, 0.717) is 34.2 Å². The molecule has 4 nitrogen and oxygen atoms in total. The summed E-state index contributed by atoms with van der Waals surface area (Å²) in [5.41, 5.74) is 0.987. The quantitative estimate of drug-likeness (QED) is 0.306. The number of carbonyl (C=O) groups is 1. The number of hydrogen-bond donors (Lipinski definition) is 0. The fraction of sp³-hybridized carbons (Fsp3) is 0.968. The second kappa shape index (κ2) is 7.49. The molecule has 5 saturated carbocycles. The van der Waals surface area contributed by atoms with Crippen LogP contribution >= 0.6 is 0 Å². The van der Waals surface area contributed by atoms with E-state index in [0.717, 1.165) is 30.1 Å². The van der Waals surface area contributed by atoms with E-state index in [-0.39, 0.29) is 23.3 Å². The van der Waals surface area contributed by atoms with Crippen LogP contribution in [-0.2, 0) is 19.0 Å². The Bertz CT molecular complexity index is 898. The van der Waals surface area contributed by atoms with E-state index in [2.05, 4.69) is 41.5 Å². The lowest BCUT2D eigenvalue weighted by Crippen LogP contribution is -2.57. The van der Waals surface area contributed by atoms with Crippen LogP contribution in [0.1, 0.15) is 106 Å². The molecule has 1 aliphatic heterocycles. The molecule has 6 aliphatic rings. The van der Waals surface area contributed by atoms with Gasteiger partial charge in [-0.15, -0.1) is 0 Å². The SMILES string of the molecule is CO[C@@H]1C[C@H]2[C@@H]3CC[C@H]([C@H](C)[C@@H](C[C@@]4(C)OC4(C)C)OC(C)=O)[C@@]3(C)CC[C@@H]2[C@@]2(C)CC[C@@H]3C[C@]312. The van der Waals surface area contributed by atoms with E-state index >= 15 is 0 Å². The van der Waals surface area contributed by atoms with Crippen LogP contribution in [0.2, 0.25) is 0 Å². The Morgan fingerprint density at radius 2 is 1.74 bits per heavy atom. The first-order valence-electron chi connectivity index (χ1n) is 14.7. The topological polar surface area (TPSA) is 48.1 Å². The lowest BCUT2D eigenvalue weighted by molar-refractivity contribution is -0.166. The minimum absolute atomic E-state index is 0.0708. The maximum atomic E-state index is 12.2. The molecule has 0 radical (unpaired) electrons. The largest absolute Gasteiger partial charge is 0.462 e. The van der Waals surface area contributed by atoms with Crippen molar-refractivity contribution in [2.45, 2.75) is 130 Å². The van der Waals surface area contributed by atoms with Crippen LogP contribution in [0.4, 0.5) is 0 Å². The van der Waals surface area contributed by atoms with Crippen LogP contribution in [0.25, 0.3) is 0 Å². The van der Waals surface area contributed by atoms with Crippen LogP contribution in [-0.4, -0.2) is 36.5 Å². The van der Waals surface area contributed by atoms with Gasteiger partial charge in [-0.1, -0.05) is 20.8 Å². The highest BCUT2D eigenvalue weighted by atomic mass is 16.6. The predicted molar refractivity (Wildman–Crippen MR) is 137 cm³/mol. The minimum atomic E-state index is -0.195. The number of hydrogen-bond acceptors (Lipinski definition) is 4. The predicted octanol–water partition coefficient (Wildman–Crippen LogP) is 6.80. The molecule has 0 aromatic carbocycles. The highest BCUT2D eigenvalue weighted by Gasteiger charge is 2.77.